The molecule has 1 saturated heterocycles. The van der Waals surface area contributed by atoms with Gasteiger partial charge in [-0.15, -0.1) is 0 Å². The van der Waals surface area contributed by atoms with Gasteiger partial charge in [-0.1, -0.05) is 15.9 Å². The van der Waals surface area contributed by atoms with Crippen LogP contribution in [0.3, 0.4) is 0 Å². The molecule has 1 amide bonds. The number of anilines is 1. The van der Waals surface area contributed by atoms with Crippen LogP contribution in [-0.4, -0.2) is 32.1 Å². The molecule has 1 atom stereocenters. The summed E-state index contributed by atoms with van der Waals surface area (Å²) in [5.41, 5.74) is 6.96. The van der Waals surface area contributed by atoms with Crippen LogP contribution in [0.4, 0.5) is 5.69 Å². The zero-order valence-electron chi connectivity index (χ0n) is 10.4. The smallest absolute Gasteiger partial charge is 0.250 e. The summed E-state index contributed by atoms with van der Waals surface area (Å²) in [6.45, 7) is 1.88. The summed E-state index contributed by atoms with van der Waals surface area (Å²) in [6, 6.07) is 6.07. The number of rotatable bonds is 3. The number of carbonyl (C=O) groups excluding carboxylic acids is 1. The lowest BCUT2D eigenvalue weighted by atomic mass is 10.0. The number of likely N-dealkylation sites (N-methyl/N-ethyl adjacent to an activating group) is 1. The van der Waals surface area contributed by atoms with Gasteiger partial charge < -0.3 is 16.0 Å². The molecule has 1 aliphatic rings. The minimum atomic E-state index is -0.371. The van der Waals surface area contributed by atoms with E-state index in [1.165, 1.54) is 6.42 Å². The van der Waals surface area contributed by atoms with Crippen molar-refractivity contribution in [2.24, 2.45) is 5.73 Å². The maximum atomic E-state index is 11.5. The number of nitrogens with one attached hydrogen (secondary N) is 1. The predicted molar refractivity (Wildman–Crippen MR) is 77.0 cm³/mol. The molecule has 3 N–H and O–H groups in total. The van der Waals surface area contributed by atoms with E-state index in [9.17, 15) is 4.79 Å². The first-order valence-electron chi connectivity index (χ1n) is 6.13. The third kappa shape index (κ3) is 2.84. The van der Waals surface area contributed by atoms with E-state index in [-0.39, 0.29) is 5.91 Å². The number of carbonyl (C=O) groups is 1. The second-order valence-corrected chi connectivity index (χ2v) is 5.52. The summed E-state index contributed by atoms with van der Waals surface area (Å²) in [7, 11) is 1.98. The number of hydrogen-bond acceptors (Lipinski definition) is 3. The molecule has 4 nitrogen and oxygen atoms in total. The van der Waals surface area contributed by atoms with E-state index < -0.39 is 0 Å². The Morgan fingerprint density at radius 3 is 3.00 bits per heavy atom. The summed E-state index contributed by atoms with van der Waals surface area (Å²) in [5, 5.41) is 3.30. The van der Waals surface area contributed by atoms with Gasteiger partial charge in [0.2, 0.25) is 0 Å². The second kappa shape index (κ2) is 5.71. The highest BCUT2D eigenvalue weighted by molar-refractivity contribution is 9.10. The first kappa shape index (κ1) is 13.4. The molecule has 18 heavy (non-hydrogen) atoms. The van der Waals surface area contributed by atoms with Gasteiger partial charge in [0.15, 0.2) is 0 Å². The van der Waals surface area contributed by atoms with E-state index in [4.69, 9.17) is 5.73 Å². The zero-order chi connectivity index (χ0) is 13.1. The first-order valence-corrected chi connectivity index (χ1v) is 6.92. The number of nitrogens with zero attached hydrogens (tertiary/aromatic N) is 1. The Labute approximate surface area is 116 Å². The van der Waals surface area contributed by atoms with Crippen molar-refractivity contribution in [2.75, 3.05) is 25.0 Å². The molecule has 1 aromatic carbocycles. The van der Waals surface area contributed by atoms with E-state index >= 15 is 0 Å². The van der Waals surface area contributed by atoms with Gasteiger partial charge in [0.05, 0.1) is 11.3 Å². The van der Waals surface area contributed by atoms with E-state index in [0.717, 1.165) is 29.7 Å². The van der Waals surface area contributed by atoms with Gasteiger partial charge in [0.25, 0.3) is 5.91 Å². The number of piperidine rings is 1. The number of hydrogen-bond donors (Lipinski definition) is 2. The van der Waals surface area contributed by atoms with Crippen molar-refractivity contribution in [3.8, 4) is 0 Å². The first-order chi connectivity index (χ1) is 8.61. The van der Waals surface area contributed by atoms with E-state index in [1.54, 1.807) is 6.07 Å². The summed E-state index contributed by atoms with van der Waals surface area (Å²) < 4.78 is 0.967. The van der Waals surface area contributed by atoms with Crippen LogP contribution in [0.1, 0.15) is 23.2 Å². The number of primary amides is 1. The third-order valence-electron chi connectivity index (χ3n) is 3.40. The highest BCUT2D eigenvalue weighted by atomic mass is 79.9. The van der Waals surface area contributed by atoms with Crippen LogP contribution < -0.4 is 16.0 Å². The Morgan fingerprint density at radius 2 is 2.33 bits per heavy atom. The minimum Gasteiger partial charge on any atom is -0.369 e. The molecule has 1 aromatic rings. The number of nitrogens with two attached hydrogens (primary N) is 1. The van der Waals surface area contributed by atoms with E-state index in [2.05, 4.69) is 26.1 Å². The van der Waals surface area contributed by atoms with Crippen LogP contribution in [0.15, 0.2) is 22.7 Å². The Hall–Kier alpha value is -1.07. The van der Waals surface area contributed by atoms with E-state index in [0.29, 0.717) is 11.6 Å². The fourth-order valence-corrected chi connectivity index (χ4v) is 2.76. The van der Waals surface area contributed by atoms with Crippen molar-refractivity contribution < 1.29 is 4.79 Å². The summed E-state index contributed by atoms with van der Waals surface area (Å²) in [6.07, 6.45) is 2.29. The van der Waals surface area contributed by atoms with Crippen molar-refractivity contribution in [1.29, 1.82) is 0 Å². The highest BCUT2D eigenvalue weighted by Gasteiger charge is 2.22. The quantitative estimate of drug-likeness (QED) is 0.894. The SMILES string of the molecule is CNC1CCCN(c2cc(Br)ccc2C(N)=O)C1. The van der Waals surface area contributed by atoms with Crippen LogP contribution in [0.25, 0.3) is 0 Å². The Bertz CT molecular complexity index is 450. The summed E-state index contributed by atoms with van der Waals surface area (Å²) in [5.74, 6) is -0.371. The molecule has 98 valence electrons. The lowest BCUT2D eigenvalue weighted by Gasteiger charge is -2.35. The Balaban J connectivity index is 2.31. The summed E-state index contributed by atoms with van der Waals surface area (Å²) >= 11 is 3.45. The van der Waals surface area contributed by atoms with Gasteiger partial charge in [0.1, 0.15) is 0 Å². The predicted octanol–water partition coefficient (Wildman–Crippen LogP) is 1.74. The lowest BCUT2D eigenvalue weighted by Crippen LogP contribution is -2.45. The topological polar surface area (TPSA) is 58.4 Å². The molecule has 0 aliphatic carbocycles. The number of halogens is 1. The van der Waals surface area contributed by atoms with Gasteiger partial charge in [-0.05, 0) is 38.1 Å². The highest BCUT2D eigenvalue weighted by Crippen LogP contribution is 2.27. The molecule has 1 fully saturated rings. The minimum absolute atomic E-state index is 0.371. The molecule has 2 rings (SSSR count). The molecule has 0 aromatic heterocycles. The van der Waals surface area contributed by atoms with Crippen LogP contribution in [0.5, 0.6) is 0 Å². The normalized spacial score (nSPS) is 19.9. The monoisotopic (exact) mass is 311 g/mol. The van der Waals surface area contributed by atoms with Crippen molar-refractivity contribution in [1.82, 2.24) is 5.32 Å². The molecule has 0 radical (unpaired) electrons. The van der Waals surface area contributed by atoms with Gasteiger partial charge in [-0.2, -0.15) is 0 Å². The molecule has 1 heterocycles. The largest absolute Gasteiger partial charge is 0.369 e. The number of amides is 1. The summed E-state index contributed by atoms with van der Waals surface area (Å²) in [4.78, 5) is 13.7. The maximum absolute atomic E-state index is 11.5. The molecule has 1 aliphatic heterocycles. The molecule has 0 bridgehead atoms. The van der Waals surface area contributed by atoms with Crippen LogP contribution in [0.2, 0.25) is 0 Å². The van der Waals surface area contributed by atoms with Crippen molar-refractivity contribution >= 4 is 27.5 Å². The Morgan fingerprint density at radius 1 is 1.56 bits per heavy atom. The fraction of sp³-hybridized carbons (Fsp3) is 0.462. The Kier molecular flexibility index (Phi) is 4.24. The van der Waals surface area contributed by atoms with Gasteiger partial charge in [-0.3, -0.25) is 4.79 Å². The van der Waals surface area contributed by atoms with Crippen LogP contribution in [-0.2, 0) is 0 Å². The molecular weight excluding hydrogens is 294 g/mol. The van der Waals surface area contributed by atoms with Gasteiger partial charge >= 0.3 is 0 Å². The molecule has 0 spiro atoms. The zero-order valence-corrected chi connectivity index (χ0v) is 12.0. The molecule has 1 unspecified atom stereocenters. The molecule has 0 saturated carbocycles. The van der Waals surface area contributed by atoms with Crippen molar-refractivity contribution in [2.45, 2.75) is 18.9 Å². The third-order valence-corrected chi connectivity index (χ3v) is 3.89. The van der Waals surface area contributed by atoms with Crippen molar-refractivity contribution in [3.05, 3.63) is 28.2 Å². The lowest BCUT2D eigenvalue weighted by molar-refractivity contribution is 0.100. The van der Waals surface area contributed by atoms with E-state index in [1.807, 2.05) is 19.2 Å². The average Bonchev–Trinajstić information content (AvgIpc) is 2.38. The molecular formula is C13H18BrN3O. The van der Waals surface area contributed by atoms with Crippen LogP contribution in [0, 0.1) is 0 Å². The van der Waals surface area contributed by atoms with Gasteiger partial charge in [0, 0.05) is 23.6 Å². The maximum Gasteiger partial charge on any atom is 0.250 e. The van der Waals surface area contributed by atoms with Crippen molar-refractivity contribution in [3.63, 3.8) is 0 Å². The number of benzene rings is 1. The standard InChI is InChI=1S/C13H18BrN3O/c1-16-10-3-2-6-17(8-10)12-7-9(14)4-5-11(12)13(15)18/h4-5,7,10,16H,2-3,6,8H2,1H3,(H2,15,18). The second-order valence-electron chi connectivity index (χ2n) is 4.60. The average molecular weight is 312 g/mol. The van der Waals surface area contributed by atoms with Crippen LogP contribution >= 0.6 is 15.9 Å². The van der Waals surface area contributed by atoms with Gasteiger partial charge in [-0.25, -0.2) is 0 Å². The molecule has 5 heteroatoms. The fourth-order valence-electron chi connectivity index (χ4n) is 2.41.